The Morgan fingerprint density at radius 2 is 2.05 bits per heavy atom. The zero-order chi connectivity index (χ0) is 13.2. The molecule has 1 aromatic carbocycles. The molecule has 6 heteroatoms. The maximum absolute atomic E-state index is 9.21. The summed E-state index contributed by atoms with van der Waals surface area (Å²) in [6, 6.07) is 13.6. The first kappa shape index (κ1) is 12.2. The Morgan fingerprint density at radius 3 is 2.89 bits per heavy atom. The molecule has 0 fully saturated rings. The highest BCUT2D eigenvalue weighted by Crippen LogP contribution is 2.32. The van der Waals surface area contributed by atoms with Crippen molar-refractivity contribution in [1.82, 2.24) is 14.6 Å². The van der Waals surface area contributed by atoms with Crippen molar-refractivity contribution in [3.05, 3.63) is 52.6 Å². The van der Waals surface area contributed by atoms with Crippen molar-refractivity contribution < 1.29 is 0 Å². The molecule has 0 bridgehead atoms. The van der Waals surface area contributed by atoms with Crippen LogP contribution in [0.3, 0.4) is 0 Å². The van der Waals surface area contributed by atoms with Crippen LogP contribution in [0, 0.1) is 11.3 Å². The molecule has 0 amide bonds. The minimum Gasteiger partial charge on any atom is -0.277 e. The van der Waals surface area contributed by atoms with Crippen LogP contribution in [0.25, 0.3) is 5.65 Å². The monoisotopic (exact) mass is 330 g/mol. The van der Waals surface area contributed by atoms with Gasteiger partial charge in [0, 0.05) is 15.6 Å². The first-order chi connectivity index (χ1) is 9.29. The van der Waals surface area contributed by atoms with Gasteiger partial charge in [-0.25, -0.2) is 0 Å². The molecule has 92 valence electrons. The summed E-state index contributed by atoms with van der Waals surface area (Å²) in [5.74, 6) is 0. The maximum Gasteiger partial charge on any atom is 0.200 e. The van der Waals surface area contributed by atoms with Crippen LogP contribution < -0.4 is 0 Å². The van der Waals surface area contributed by atoms with Gasteiger partial charge in [-0.3, -0.25) is 4.40 Å². The van der Waals surface area contributed by atoms with Gasteiger partial charge in [0.05, 0.1) is 5.56 Å². The number of nitrogens with zero attached hydrogens (tertiary/aromatic N) is 4. The predicted molar refractivity (Wildman–Crippen MR) is 76.0 cm³/mol. The summed E-state index contributed by atoms with van der Waals surface area (Å²) in [6.45, 7) is 0. The lowest BCUT2D eigenvalue weighted by atomic mass is 10.2. The van der Waals surface area contributed by atoms with E-state index in [-0.39, 0.29) is 0 Å². The highest BCUT2D eigenvalue weighted by molar-refractivity contribution is 9.10. The van der Waals surface area contributed by atoms with Crippen molar-refractivity contribution in [2.45, 2.75) is 10.1 Å². The topological polar surface area (TPSA) is 54.0 Å². The van der Waals surface area contributed by atoms with Gasteiger partial charge in [-0.15, -0.1) is 10.2 Å². The second kappa shape index (κ2) is 5.03. The minimum absolute atomic E-state index is 0.611. The van der Waals surface area contributed by atoms with E-state index >= 15 is 0 Å². The van der Waals surface area contributed by atoms with Gasteiger partial charge in [-0.05, 0) is 52.0 Å². The number of halogens is 1. The van der Waals surface area contributed by atoms with E-state index in [1.165, 1.54) is 11.8 Å². The third-order valence-corrected chi connectivity index (χ3v) is 4.25. The second-order valence-corrected chi connectivity index (χ2v) is 5.60. The molecule has 0 radical (unpaired) electrons. The van der Waals surface area contributed by atoms with E-state index in [9.17, 15) is 5.26 Å². The lowest BCUT2D eigenvalue weighted by Gasteiger charge is -2.03. The summed E-state index contributed by atoms with van der Waals surface area (Å²) in [7, 11) is 0. The minimum atomic E-state index is 0.611. The Kier molecular flexibility index (Phi) is 3.23. The van der Waals surface area contributed by atoms with Gasteiger partial charge >= 0.3 is 0 Å². The Hall–Kier alpha value is -1.84. The van der Waals surface area contributed by atoms with Crippen LogP contribution in [0.1, 0.15) is 5.56 Å². The van der Waals surface area contributed by atoms with Crippen LogP contribution >= 0.6 is 27.7 Å². The molecular formula is C13H7BrN4S. The highest BCUT2D eigenvalue weighted by Gasteiger charge is 2.11. The summed E-state index contributed by atoms with van der Waals surface area (Å²) >= 11 is 4.81. The van der Waals surface area contributed by atoms with Crippen LogP contribution in [0.2, 0.25) is 0 Å². The average molecular weight is 331 g/mol. The molecule has 2 heterocycles. The fraction of sp³-hybridized carbons (Fsp3) is 0. The van der Waals surface area contributed by atoms with Crippen molar-refractivity contribution in [1.29, 1.82) is 5.26 Å². The summed E-state index contributed by atoms with van der Waals surface area (Å²) in [5, 5.41) is 18.2. The van der Waals surface area contributed by atoms with E-state index in [2.05, 4.69) is 32.2 Å². The molecule has 0 saturated heterocycles. The fourth-order valence-electron chi connectivity index (χ4n) is 1.69. The molecule has 2 aromatic heterocycles. The molecule has 19 heavy (non-hydrogen) atoms. The van der Waals surface area contributed by atoms with Crippen LogP contribution in [-0.4, -0.2) is 14.6 Å². The number of hydrogen-bond acceptors (Lipinski definition) is 4. The summed E-state index contributed by atoms with van der Waals surface area (Å²) in [5.41, 5.74) is 1.40. The molecule has 0 atom stereocenters. The summed E-state index contributed by atoms with van der Waals surface area (Å²) < 4.78 is 2.68. The lowest BCUT2D eigenvalue weighted by molar-refractivity contribution is 0.921. The van der Waals surface area contributed by atoms with Crippen LogP contribution in [0.5, 0.6) is 0 Å². The van der Waals surface area contributed by atoms with E-state index < -0.39 is 0 Å². The van der Waals surface area contributed by atoms with Crippen molar-refractivity contribution >= 4 is 33.3 Å². The molecule has 0 spiro atoms. The smallest absolute Gasteiger partial charge is 0.200 e. The van der Waals surface area contributed by atoms with Crippen molar-refractivity contribution in [3.8, 4) is 6.07 Å². The van der Waals surface area contributed by atoms with Crippen LogP contribution in [0.15, 0.2) is 57.1 Å². The molecule has 0 saturated carbocycles. The van der Waals surface area contributed by atoms with E-state index in [0.29, 0.717) is 5.56 Å². The zero-order valence-electron chi connectivity index (χ0n) is 9.62. The molecule has 0 aliphatic carbocycles. The van der Waals surface area contributed by atoms with E-state index in [1.807, 2.05) is 47.0 Å². The SMILES string of the molecule is N#Cc1c(Br)cccc1Sc1nnc2ccccn12. The average Bonchev–Trinajstić information content (AvgIpc) is 2.83. The largest absolute Gasteiger partial charge is 0.277 e. The van der Waals surface area contributed by atoms with E-state index in [4.69, 9.17) is 0 Å². The van der Waals surface area contributed by atoms with Gasteiger partial charge in [-0.1, -0.05) is 12.1 Å². The molecule has 0 aliphatic rings. The Morgan fingerprint density at radius 1 is 1.16 bits per heavy atom. The number of benzene rings is 1. The molecule has 4 nitrogen and oxygen atoms in total. The van der Waals surface area contributed by atoms with Gasteiger partial charge in [0.2, 0.25) is 0 Å². The Bertz CT molecular complexity index is 791. The molecule has 3 aromatic rings. The van der Waals surface area contributed by atoms with E-state index in [1.54, 1.807) is 0 Å². The third kappa shape index (κ3) is 2.23. The number of nitriles is 1. The van der Waals surface area contributed by atoms with Crippen molar-refractivity contribution in [3.63, 3.8) is 0 Å². The molecule has 3 rings (SSSR count). The predicted octanol–water partition coefficient (Wildman–Crippen LogP) is 3.51. The van der Waals surface area contributed by atoms with Gasteiger partial charge in [0.1, 0.15) is 6.07 Å². The molecule has 0 N–H and O–H groups in total. The third-order valence-electron chi connectivity index (χ3n) is 2.57. The van der Waals surface area contributed by atoms with Crippen LogP contribution in [0.4, 0.5) is 0 Å². The summed E-state index contributed by atoms with van der Waals surface area (Å²) in [6.07, 6.45) is 1.90. The van der Waals surface area contributed by atoms with Gasteiger partial charge < -0.3 is 0 Å². The fourth-order valence-corrected chi connectivity index (χ4v) is 3.21. The highest BCUT2D eigenvalue weighted by atomic mass is 79.9. The van der Waals surface area contributed by atoms with E-state index in [0.717, 1.165) is 20.2 Å². The van der Waals surface area contributed by atoms with Gasteiger partial charge in [0.15, 0.2) is 10.8 Å². The van der Waals surface area contributed by atoms with Gasteiger partial charge in [0.25, 0.3) is 0 Å². The first-order valence-electron chi connectivity index (χ1n) is 5.46. The summed E-state index contributed by atoms with van der Waals surface area (Å²) in [4.78, 5) is 0.857. The standard InChI is InChI=1S/C13H7BrN4S/c14-10-4-3-5-11(9(10)8-15)19-13-17-16-12-6-1-2-7-18(12)13/h1-7H. The van der Waals surface area contributed by atoms with Crippen molar-refractivity contribution in [2.75, 3.05) is 0 Å². The molecular weight excluding hydrogens is 324 g/mol. The number of fused-ring (bicyclic) bond motifs is 1. The van der Waals surface area contributed by atoms with Gasteiger partial charge in [-0.2, -0.15) is 5.26 Å². The molecule has 0 unspecified atom stereocenters. The number of hydrogen-bond donors (Lipinski definition) is 0. The van der Waals surface area contributed by atoms with Crippen LogP contribution in [-0.2, 0) is 0 Å². The normalized spacial score (nSPS) is 10.5. The quantitative estimate of drug-likeness (QED) is 0.721. The number of aromatic nitrogens is 3. The Balaban J connectivity index is 2.07. The first-order valence-corrected chi connectivity index (χ1v) is 7.07. The Labute approximate surface area is 122 Å². The lowest BCUT2D eigenvalue weighted by Crippen LogP contribution is -1.88. The van der Waals surface area contributed by atoms with Crippen molar-refractivity contribution in [2.24, 2.45) is 0 Å². The maximum atomic E-state index is 9.21. The molecule has 0 aliphatic heterocycles. The second-order valence-electron chi connectivity index (χ2n) is 3.74. The number of rotatable bonds is 2. The zero-order valence-corrected chi connectivity index (χ0v) is 12.0. The number of pyridine rings is 1.